The number of carbonyl (C=O) groups is 2. The van der Waals surface area contributed by atoms with Crippen molar-refractivity contribution >= 4 is 23.1 Å². The predicted molar refractivity (Wildman–Crippen MR) is 75.4 cm³/mol. The summed E-state index contributed by atoms with van der Waals surface area (Å²) in [6, 6.07) is 1.87. The monoisotopic (exact) mass is 278 g/mol. The molecule has 0 bridgehead atoms. The highest BCUT2D eigenvalue weighted by Gasteiger charge is 2.26. The quantitative estimate of drug-likeness (QED) is 0.615. The van der Waals surface area contributed by atoms with Crippen LogP contribution in [0.25, 0.3) is 0 Å². The van der Waals surface area contributed by atoms with Crippen LogP contribution in [0, 0.1) is 5.92 Å². The van der Waals surface area contributed by atoms with Gasteiger partial charge in [0, 0.05) is 22.4 Å². The normalized spacial score (nSPS) is 19.5. The Morgan fingerprint density at radius 2 is 2.21 bits per heavy atom. The van der Waals surface area contributed by atoms with Crippen molar-refractivity contribution in [1.29, 1.82) is 0 Å². The van der Waals surface area contributed by atoms with Gasteiger partial charge in [0.15, 0.2) is 5.78 Å². The fraction of sp³-hybridized carbons (Fsp3) is 0.467. The lowest BCUT2D eigenvalue weighted by Crippen LogP contribution is -2.23. The SMILES string of the molecule is CC(C)(C)OC(=O)/C=C/C1CCc2sccc2C1=O. The van der Waals surface area contributed by atoms with Gasteiger partial charge in [-0.05, 0) is 45.1 Å². The number of thiophene rings is 1. The smallest absolute Gasteiger partial charge is 0.330 e. The molecule has 4 heteroatoms. The zero-order chi connectivity index (χ0) is 14.0. The van der Waals surface area contributed by atoms with Gasteiger partial charge in [-0.2, -0.15) is 0 Å². The van der Waals surface area contributed by atoms with Crippen LogP contribution in [0.4, 0.5) is 0 Å². The first-order chi connectivity index (χ1) is 8.87. The van der Waals surface area contributed by atoms with Crippen molar-refractivity contribution in [3.63, 3.8) is 0 Å². The summed E-state index contributed by atoms with van der Waals surface area (Å²) in [5.41, 5.74) is 0.313. The van der Waals surface area contributed by atoms with E-state index in [2.05, 4.69) is 0 Å². The van der Waals surface area contributed by atoms with Gasteiger partial charge in [0.25, 0.3) is 0 Å². The average molecular weight is 278 g/mol. The Morgan fingerprint density at radius 1 is 1.47 bits per heavy atom. The Morgan fingerprint density at radius 3 is 2.89 bits per heavy atom. The van der Waals surface area contributed by atoms with E-state index in [1.54, 1.807) is 17.4 Å². The fourth-order valence-corrected chi connectivity index (χ4v) is 2.99. The minimum atomic E-state index is -0.501. The molecule has 0 aromatic carbocycles. The highest BCUT2D eigenvalue weighted by molar-refractivity contribution is 7.10. The maximum Gasteiger partial charge on any atom is 0.330 e. The van der Waals surface area contributed by atoms with E-state index < -0.39 is 11.6 Å². The van der Waals surface area contributed by atoms with Gasteiger partial charge in [-0.25, -0.2) is 4.79 Å². The van der Waals surface area contributed by atoms with E-state index in [0.717, 1.165) is 23.3 Å². The number of ketones is 1. The topological polar surface area (TPSA) is 43.4 Å². The fourth-order valence-electron chi connectivity index (χ4n) is 2.09. The molecular formula is C15H18O3S. The van der Waals surface area contributed by atoms with Gasteiger partial charge in [0.2, 0.25) is 0 Å². The first kappa shape index (κ1) is 14.0. The van der Waals surface area contributed by atoms with E-state index in [1.807, 2.05) is 32.2 Å². The van der Waals surface area contributed by atoms with Crippen molar-refractivity contribution in [2.24, 2.45) is 5.92 Å². The molecule has 0 amide bonds. The number of esters is 1. The molecule has 0 aliphatic heterocycles. The first-order valence-corrected chi connectivity index (χ1v) is 7.26. The Kier molecular flexibility index (Phi) is 3.90. The number of hydrogen-bond acceptors (Lipinski definition) is 4. The number of allylic oxidation sites excluding steroid dienone is 1. The van der Waals surface area contributed by atoms with Crippen LogP contribution in [0.2, 0.25) is 0 Å². The van der Waals surface area contributed by atoms with Gasteiger partial charge in [-0.3, -0.25) is 4.79 Å². The molecule has 19 heavy (non-hydrogen) atoms. The van der Waals surface area contributed by atoms with Crippen molar-refractivity contribution < 1.29 is 14.3 Å². The first-order valence-electron chi connectivity index (χ1n) is 6.38. The van der Waals surface area contributed by atoms with Crippen LogP contribution < -0.4 is 0 Å². The molecule has 0 fully saturated rings. The summed E-state index contributed by atoms with van der Waals surface area (Å²) in [6.45, 7) is 5.46. The molecule has 1 aromatic heterocycles. The lowest BCUT2D eigenvalue weighted by molar-refractivity contribution is -0.148. The minimum absolute atomic E-state index is 0.113. The summed E-state index contributed by atoms with van der Waals surface area (Å²) < 4.78 is 5.18. The molecule has 1 atom stereocenters. The molecule has 2 rings (SSSR count). The van der Waals surface area contributed by atoms with Crippen LogP contribution in [0.15, 0.2) is 23.6 Å². The molecule has 1 aliphatic carbocycles. The van der Waals surface area contributed by atoms with E-state index in [1.165, 1.54) is 6.08 Å². The molecule has 0 N–H and O–H groups in total. The molecule has 0 saturated heterocycles. The van der Waals surface area contributed by atoms with Crippen LogP contribution in [0.1, 0.15) is 42.4 Å². The van der Waals surface area contributed by atoms with Crippen LogP contribution >= 0.6 is 11.3 Å². The van der Waals surface area contributed by atoms with E-state index >= 15 is 0 Å². The standard InChI is InChI=1S/C15H18O3S/c1-15(2,3)18-13(16)7-5-10-4-6-12-11(14(10)17)8-9-19-12/h5,7-10H,4,6H2,1-3H3/b7-5+. The largest absolute Gasteiger partial charge is 0.457 e. The van der Waals surface area contributed by atoms with Crippen LogP contribution in [0.5, 0.6) is 0 Å². The van der Waals surface area contributed by atoms with E-state index in [4.69, 9.17) is 4.74 Å². The summed E-state index contributed by atoms with van der Waals surface area (Å²) in [5.74, 6) is -0.478. The number of rotatable bonds is 2. The van der Waals surface area contributed by atoms with Gasteiger partial charge in [0.05, 0.1) is 0 Å². The van der Waals surface area contributed by atoms with E-state index in [9.17, 15) is 9.59 Å². The summed E-state index contributed by atoms with van der Waals surface area (Å²) >= 11 is 1.63. The molecule has 1 heterocycles. The molecule has 102 valence electrons. The molecule has 1 unspecified atom stereocenters. The van der Waals surface area contributed by atoms with Gasteiger partial charge < -0.3 is 4.74 Å². The molecule has 1 aromatic rings. The Bertz CT molecular complexity index is 520. The van der Waals surface area contributed by atoms with Crippen molar-refractivity contribution in [3.8, 4) is 0 Å². The second-order valence-electron chi connectivity index (χ2n) is 5.66. The number of fused-ring (bicyclic) bond motifs is 1. The molecule has 3 nitrogen and oxygen atoms in total. The third-order valence-electron chi connectivity index (χ3n) is 2.90. The van der Waals surface area contributed by atoms with Crippen LogP contribution in [0.3, 0.4) is 0 Å². The third kappa shape index (κ3) is 3.53. The third-order valence-corrected chi connectivity index (χ3v) is 3.88. The second kappa shape index (κ2) is 5.29. The zero-order valence-corrected chi connectivity index (χ0v) is 12.3. The van der Waals surface area contributed by atoms with Gasteiger partial charge in [0.1, 0.15) is 5.60 Å². The summed E-state index contributed by atoms with van der Waals surface area (Å²) in [6.07, 6.45) is 4.73. The van der Waals surface area contributed by atoms with Crippen LogP contribution in [-0.2, 0) is 16.0 Å². The van der Waals surface area contributed by atoms with E-state index in [0.29, 0.717) is 0 Å². The highest BCUT2D eigenvalue weighted by Crippen LogP contribution is 2.30. The maximum atomic E-state index is 12.2. The number of Topliss-reactive ketones (excluding diaryl/α,β-unsaturated/α-hetero) is 1. The van der Waals surface area contributed by atoms with Gasteiger partial charge in [-0.1, -0.05) is 6.08 Å². The Labute approximate surface area is 117 Å². The minimum Gasteiger partial charge on any atom is -0.457 e. The second-order valence-corrected chi connectivity index (χ2v) is 6.66. The lowest BCUT2D eigenvalue weighted by atomic mass is 9.87. The number of ether oxygens (including phenoxy) is 1. The van der Waals surface area contributed by atoms with Crippen molar-refractivity contribution in [2.75, 3.05) is 0 Å². The van der Waals surface area contributed by atoms with Gasteiger partial charge in [-0.15, -0.1) is 11.3 Å². The summed E-state index contributed by atoms with van der Waals surface area (Å²) in [7, 11) is 0. The Hall–Kier alpha value is -1.42. The van der Waals surface area contributed by atoms with Crippen molar-refractivity contribution in [1.82, 2.24) is 0 Å². The van der Waals surface area contributed by atoms with Crippen molar-refractivity contribution in [3.05, 3.63) is 34.0 Å². The molecule has 0 saturated carbocycles. The van der Waals surface area contributed by atoms with E-state index in [-0.39, 0.29) is 11.7 Å². The number of aryl methyl sites for hydroxylation is 1. The van der Waals surface area contributed by atoms with Crippen molar-refractivity contribution in [2.45, 2.75) is 39.2 Å². The molecule has 0 radical (unpaired) electrons. The van der Waals surface area contributed by atoms with Gasteiger partial charge >= 0.3 is 5.97 Å². The molecule has 1 aliphatic rings. The number of carbonyl (C=O) groups excluding carboxylic acids is 2. The Balaban J connectivity index is 2.01. The zero-order valence-electron chi connectivity index (χ0n) is 11.4. The lowest BCUT2D eigenvalue weighted by Gasteiger charge is -2.19. The van der Waals surface area contributed by atoms with Crippen LogP contribution in [-0.4, -0.2) is 17.4 Å². The highest BCUT2D eigenvalue weighted by atomic mass is 32.1. The number of hydrogen-bond donors (Lipinski definition) is 0. The average Bonchev–Trinajstić information content (AvgIpc) is 2.74. The summed E-state index contributed by atoms with van der Waals surface area (Å²) in [5, 5.41) is 1.95. The molecular weight excluding hydrogens is 260 g/mol. The predicted octanol–water partition coefficient (Wildman–Crippen LogP) is 3.39. The maximum absolute atomic E-state index is 12.2. The summed E-state index contributed by atoms with van der Waals surface area (Å²) in [4.78, 5) is 24.9. The molecule has 0 spiro atoms.